The average Bonchev–Trinajstić information content (AvgIpc) is 3.12. The lowest BCUT2D eigenvalue weighted by Crippen LogP contribution is -2.27. The second kappa shape index (κ2) is 5.51. The number of fused-ring (bicyclic) bond motifs is 4. The summed E-state index contributed by atoms with van der Waals surface area (Å²) in [5.74, 6) is 1.69. The molecule has 0 amide bonds. The Morgan fingerprint density at radius 3 is 2.31 bits per heavy atom. The topological polar surface area (TPSA) is 9.86 Å². The van der Waals surface area contributed by atoms with Crippen LogP contribution in [0.15, 0.2) is 54.6 Å². The number of aryl methyl sites for hydroxylation is 2. The molecule has 2 nitrogen and oxygen atoms in total. The minimum Gasteiger partial charge on any atom is -0.347 e. The predicted molar refractivity (Wildman–Crippen MR) is 110 cm³/mol. The van der Waals surface area contributed by atoms with Crippen molar-refractivity contribution in [2.45, 2.75) is 32.1 Å². The van der Waals surface area contributed by atoms with Crippen molar-refractivity contribution in [2.24, 2.45) is 20.0 Å². The molecule has 0 radical (unpaired) electrons. The van der Waals surface area contributed by atoms with Crippen molar-refractivity contribution >= 4 is 21.8 Å². The molecule has 2 aromatic carbocycles. The smallest absolute Gasteiger partial charge is 0.0482 e. The van der Waals surface area contributed by atoms with Crippen molar-refractivity contribution in [1.29, 1.82) is 0 Å². The third kappa shape index (κ3) is 1.99. The Labute approximate surface area is 155 Å². The summed E-state index contributed by atoms with van der Waals surface area (Å²) in [5.41, 5.74) is 7.28. The van der Waals surface area contributed by atoms with E-state index in [0.29, 0.717) is 17.8 Å². The Balaban J connectivity index is 1.72. The molecule has 0 saturated carbocycles. The summed E-state index contributed by atoms with van der Waals surface area (Å²) in [6, 6.07) is 20.1. The second-order valence-electron chi connectivity index (χ2n) is 8.12. The van der Waals surface area contributed by atoms with Crippen molar-refractivity contribution in [2.75, 3.05) is 0 Å². The van der Waals surface area contributed by atoms with Gasteiger partial charge in [-0.05, 0) is 47.4 Å². The lowest BCUT2D eigenvalue weighted by molar-refractivity contribution is 0.360. The average molecular weight is 342 g/mol. The zero-order valence-electron chi connectivity index (χ0n) is 16.0. The molecule has 0 fully saturated rings. The highest BCUT2D eigenvalue weighted by Gasteiger charge is 2.37. The molecule has 2 heteroatoms. The van der Waals surface area contributed by atoms with Gasteiger partial charge in [-0.25, -0.2) is 0 Å². The van der Waals surface area contributed by atoms with Crippen molar-refractivity contribution < 1.29 is 0 Å². The van der Waals surface area contributed by atoms with E-state index in [-0.39, 0.29) is 0 Å². The molecule has 0 saturated heterocycles. The van der Waals surface area contributed by atoms with Gasteiger partial charge in [-0.3, -0.25) is 0 Å². The van der Waals surface area contributed by atoms with Gasteiger partial charge < -0.3 is 9.13 Å². The van der Waals surface area contributed by atoms with Gasteiger partial charge in [-0.2, -0.15) is 0 Å². The van der Waals surface area contributed by atoms with E-state index < -0.39 is 0 Å². The van der Waals surface area contributed by atoms with Crippen LogP contribution in [0.25, 0.3) is 21.8 Å². The number of nitrogens with zero attached hydrogens (tertiary/aromatic N) is 2. The highest BCUT2D eigenvalue weighted by Crippen LogP contribution is 2.49. The highest BCUT2D eigenvalue weighted by atomic mass is 15.0. The van der Waals surface area contributed by atoms with Crippen LogP contribution in [0.1, 0.15) is 42.6 Å². The van der Waals surface area contributed by atoms with Gasteiger partial charge >= 0.3 is 0 Å². The van der Waals surface area contributed by atoms with Crippen LogP contribution in [0.3, 0.4) is 0 Å². The molecular formula is C24H26N2. The lowest BCUT2D eigenvalue weighted by Gasteiger charge is -2.36. The first-order chi connectivity index (χ1) is 12.6. The maximum Gasteiger partial charge on any atom is 0.0482 e. The Morgan fingerprint density at radius 1 is 0.846 bits per heavy atom. The fourth-order valence-corrected chi connectivity index (χ4v) is 5.51. The van der Waals surface area contributed by atoms with Gasteiger partial charge in [0.05, 0.1) is 0 Å². The molecular weight excluding hydrogens is 316 g/mol. The highest BCUT2D eigenvalue weighted by molar-refractivity contribution is 5.87. The molecule has 2 heterocycles. The van der Waals surface area contributed by atoms with Crippen LogP contribution in [0, 0.1) is 5.92 Å². The molecule has 2 aromatic heterocycles. The van der Waals surface area contributed by atoms with Crippen LogP contribution in [0.5, 0.6) is 0 Å². The van der Waals surface area contributed by atoms with Gasteiger partial charge in [-0.1, -0.05) is 50.2 Å². The van der Waals surface area contributed by atoms with Gasteiger partial charge in [0.2, 0.25) is 0 Å². The van der Waals surface area contributed by atoms with E-state index in [1.54, 1.807) is 5.56 Å². The lowest BCUT2D eigenvalue weighted by atomic mass is 9.70. The molecule has 1 aliphatic carbocycles. The summed E-state index contributed by atoms with van der Waals surface area (Å²) in [6.07, 6.45) is 1.15. The van der Waals surface area contributed by atoms with Crippen LogP contribution >= 0.6 is 0 Å². The monoisotopic (exact) mass is 342 g/mol. The largest absolute Gasteiger partial charge is 0.347 e. The van der Waals surface area contributed by atoms with Crippen LogP contribution in [-0.2, 0) is 20.5 Å². The zero-order valence-corrected chi connectivity index (χ0v) is 16.0. The SMILES string of the molecule is C[C@@H]1Cc2c(c3ccccc3n2C)[C@H](C)[C@@H]1c1cc2ccccc2n1C. The van der Waals surface area contributed by atoms with Gasteiger partial charge in [-0.15, -0.1) is 0 Å². The number of rotatable bonds is 1. The fourth-order valence-electron chi connectivity index (χ4n) is 5.51. The van der Waals surface area contributed by atoms with E-state index in [1.165, 1.54) is 33.2 Å². The molecule has 4 aromatic rings. The summed E-state index contributed by atoms with van der Waals surface area (Å²) in [6.45, 7) is 4.86. The molecule has 0 N–H and O–H groups in total. The molecule has 0 spiro atoms. The fraction of sp³-hybridized carbons (Fsp3) is 0.333. The van der Waals surface area contributed by atoms with Gasteiger partial charge in [0, 0.05) is 47.8 Å². The zero-order chi connectivity index (χ0) is 18.0. The van der Waals surface area contributed by atoms with Crippen LogP contribution in [-0.4, -0.2) is 9.13 Å². The summed E-state index contributed by atoms with van der Waals surface area (Å²) in [7, 11) is 4.47. The molecule has 132 valence electrons. The summed E-state index contributed by atoms with van der Waals surface area (Å²) in [5, 5.41) is 2.79. The van der Waals surface area contributed by atoms with Gasteiger partial charge in [0.25, 0.3) is 0 Å². The Morgan fingerprint density at radius 2 is 1.54 bits per heavy atom. The maximum atomic E-state index is 2.43. The Hall–Kier alpha value is -2.48. The van der Waals surface area contributed by atoms with Crippen LogP contribution in [0.2, 0.25) is 0 Å². The minimum atomic E-state index is 0.517. The van der Waals surface area contributed by atoms with Crippen LogP contribution in [0.4, 0.5) is 0 Å². The summed E-state index contributed by atoms with van der Waals surface area (Å²) < 4.78 is 4.85. The van der Waals surface area contributed by atoms with Crippen molar-refractivity contribution in [3.63, 3.8) is 0 Å². The van der Waals surface area contributed by atoms with Crippen molar-refractivity contribution in [3.05, 3.63) is 71.5 Å². The third-order valence-corrected chi connectivity index (χ3v) is 6.72. The quantitative estimate of drug-likeness (QED) is 0.417. The standard InChI is InChI=1S/C24H26N2/c1-15-13-21-24(18-10-6-8-12-20(18)26(21)4)16(2)23(15)22-14-17-9-5-7-11-19(17)25(22)3/h5-12,14-16,23H,13H2,1-4H3/t15-,16-,23-/m1/s1. The van der Waals surface area contributed by atoms with Crippen molar-refractivity contribution in [3.8, 4) is 0 Å². The first-order valence-corrected chi connectivity index (χ1v) is 9.68. The van der Waals surface area contributed by atoms with Gasteiger partial charge in [0.1, 0.15) is 0 Å². The Kier molecular flexibility index (Phi) is 3.34. The molecule has 1 aliphatic rings. The maximum absolute atomic E-state index is 2.43. The van der Waals surface area contributed by atoms with Crippen LogP contribution < -0.4 is 0 Å². The molecule has 0 unspecified atom stereocenters. The second-order valence-corrected chi connectivity index (χ2v) is 8.12. The molecule has 0 aliphatic heterocycles. The minimum absolute atomic E-state index is 0.517. The number of benzene rings is 2. The van der Waals surface area contributed by atoms with E-state index in [9.17, 15) is 0 Å². The third-order valence-electron chi connectivity index (χ3n) is 6.72. The van der Waals surface area contributed by atoms with E-state index in [2.05, 4.69) is 91.7 Å². The van der Waals surface area contributed by atoms with E-state index in [0.717, 1.165) is 6.42 Å². The summed E-state index contributed by atoms with van der Waals surface area (Å²) >= 11 is 0. The predicted octanol–water partition coefficient (Wildman–Crippen LogP) is 5.75. The van der Waals surface area contributed by atoms with E-state index in [1.807, 2.05) is 0 Å². The number of hydrogen-bond donors (Lipinski definition) is 0. The normalized spacial score (nSPS) is 22.8. The van der Waals surface area contributed by atoms with E-state index in [4.69, 9.17) is 0 Å². The first-order valence-electron chi connectivity index (χ1n) is 9.68. The first kappa shape index (κ1) is 15.7. The molecule has 5 rings (SSSR count). The van der Waals surface area contributed by atoms with E-state index >= 15 is 0 Å². The molecule has 3 atom stereocenters. The molecule has 26 heavy (non-hydrogen) atoms. The van der Waals surface area contributed by atoms with Gasteiger partial charge in [0.15, 0.2) is 0 Å². The van der Waals surface area contributed by atoms with Crippen molar-refractivity contribution in [1.82, 2.24) is 9.13 Å². The summed E-state index contributed by atoms with van der Waals surface area (Å²) in [4.78, 5) is 0. The number of hydrogen-bond acceptors (Lipinski definition) is 0. The molecule has 0 bridgehead atoms. The number of aromatic nitrogens is 2. The Bertz CT molecular complexity index is 1130. The number of para-hydroxylation sites is 2.